The number of likely N-dealkylation sites (N-methyl/N-ethyl adjacent to an activating group) is 1. The fraction of sp³-hybridized carbons (Fsp3) is 0.429. The third-order valence-electron chi connectivity index (χ3n) is 3.32. The number of aryl methyl sites for hydroxylation is 1. The summed E-state index contributed by atoms with van der Waals surface area (Å²) in [4.78, 5) is 27.6. The van der Waals surface area contributed by atoms with Crippen LogP contribution in [0, 0.1) is 6.92 Å². The fourth-order valence-electron chi connectivity index (χ4n) is 2.12. The molecule has 0 spiro atoms. The Hall–Kier alpha value is -1.36. The number of carbonyl (C=O) groups is 2. The van der Waals surface area contributed by atoms with Gasteiger partial charge in [-0.2, -0.15) is 0 Å². The molecular formula is C14H17BrN2O2. The Morgan fingerprint density at radius 2 is 2.05 bits per heavy atom. The van der Waals surface area contributed by atoms with Crippen LogP contribution in [0.4, 0.5) is 0 Å². The lowest BCUT2D eigenvalue weighted by Crippen LogP contribution is -2.38. The number of amides is 2. The van der Waals surface area contributed by atoms with Crippen molar-refractivity contribution in [3.05, 3.63) is 33.8 Å². The quantitative estimate of drug-likeness (QED) is 0.793. The topological polar surface area (TPSA) is 40.6 Å². The minimum absolute atomic E-state index is 0.00548. The second-order valence-corrected chi connectivity index (χ2v) is 5.73. The van der Waals surface area contributed by atoms with Gasteiger partial charge in [0, 0.05) is 24.6 Å². The van der Waals surface area contributed by atoms with Gasteiger partial charge in [0.15, 0.2) is 0 Å². The van der Waals surface area contributed by atoms with Gasteiger partial charge in [-0.1, -0.05) is 6.07 Å². The molecule has 2 amide bonds. The fourth-order valence-corrected chi connectivity index (χ4v) is 2.79. The lowest BCUT2D eigenvalue weighted by Gasteiger charge is -2.20. The highest BCUT2D eigenvalue weighted by molar-refractivity contribution is 9.10. The maximum absolute atomic E-state index is 12.5. The molecule has 0 aromatic heterocycles. The van der Waals surface area contributed by atoms with E-state index in [1.807, 2.05) is 19.1 Å². The molecule has 102 valence electrons. The highest BCUT2D eigenvalue weighted by atomic mass is 79.9. The molecule has 0 aliphatic carbocycles. The SMILES string of the molecule is Cc1ccc(C(=O)N2CCCN(C)C(=O)C2)c(Br)c1. The van der Waals surface area contributed by atoms with Crippen molar-refractivity contribution in [3.63, 3.8) is 0 Å². The maximum Gasteiger partial charge on any atom is 0.255 e. The van der Waals surface area contributed by atoms with Gasteiger partial charge in [0.1, 0.15) is 6.54 Å². The van der Waals surface area contributed by atoms with Gasteiger partial charge in [-0.3, -0.25) is 9.59 Å². The lowest BCUT2D eigenvalue weighted by atomic mass is 10.1. The van der Waals surface area contributed by atoms with Crippen molar-refractivity contribution in [2.24, 2.45) is 0 Å². The summed E-state index contributed by atoms with van der Waals surface area (Å²) >= 11 is 3.42. The van der Waals surface area contributed by atoms with Crippen LogP contribution in [0.3, 0.4) is 0 Å². The van der Waals surface area contributed by atoms with E-state index >= 15 is 0 Å². The molecular weight excluding hydrogens is 308 g/mol. The Morgan fingerprint density at radius 1 is 1.32 bits per heavy atom. The van der Waals surface area contributed by atoms with Gasteiger partial charge in [0.05, 0.1) is 5.56 Å². The average molecular weight is 325 g/mol. The smallest absolute Gasteiger partial charge is 0.255 e. The van der Waals surface area contributed by atoms with E-state index < -0.39 is 0 Å². The zero-order valence-corrected chi connectivity index (χ0v) is 12.7. The van der Waals surface area contributed by atoms with E-state index in [0.29, 0.717) is 18.7 Å². The van der Waals surface area contributed by atoms with Crippen LogP contribution in [0.2, 0.25) is 0 Å². The molecule has 2 rings (SSSR count). The van der Waals surface area contributed by atoms with Crippen molar-refractivity contribution in [1.82, 2.24) is 9.80 Å². The first-order chi connectivity index (χ1) is 8.99. The molecule has 4 nitrogen and oxygen atoms in total. The van der Waals surface area contributed by atoms with E-state index in [0.717, 1.165) is 16.5 Å². The lowest BCUT2D eigenvalue weighted by molar-refractivity contribution is -0.129. The van der Waals surface area contributed by atoms with Gasteiger partial charge >= 0.3 is 0 Å². The molecule has 0 unspecified atom stereocenters. The first kappa shape index (κ1) is 14.1. The Morgan fingerprint density at radius 3 is 2.74 bits per heavy atom. The Bertz CT molecular complexity index is 516. The van der Waals surface area contributed by atoms with E-state index in [9.17, 15) is 9.59 Å². The molecule has 1 heterocycles. The number of hydrogen-bond donors (Lipinski definition) is 0. The van der Waals surface area contributed by atoms with Gasteiger partial charge in [-0.05, 0) is 47.0 Å². The zero-order chi connectivity index (χ0) is 14.0. The van der Waals surface area contributed by atoms with E-state index in [1.165, 1.54) is 0 Å². The van der Waals surface area contributed by atoms with E-state index in [-0.39, 0.29) is 18.4 Å². The van der Waals surface area contributed by atoms with Crippen LogP contribution in [0.25, 0.3) is 0 Å². The van der Waals surface area contributed by atoms with E-state index in [4.69, 9.17) is 0 Å². The summed E-state index contributed by atoms with van der Waals surface area (Å²) in [6.07, 6.45) is 0.817. The first-order valence-electron chi connectivity index (χ1n) is 6.28. The molecule has 1 aromatic rings. The predicted molar refractivity (Wildman–Crippen MR) is 77.0 cm³/mol. The summed E-state index contributed by atoms with van der Waals surface area (Å²) in [5, 5.41) is 0. The molecule has 1 fully saturated rings. The summed E-state index contributed by atoms with van der Waals surface area (Å²) < 4.78 is 0.780. The normalized spacial score (nSPS) is 16.5. The van der Waals surface area contributed by atoms with Crippen molar-refractivity contribution >= 4 is 27.7 Å². The third kappa shape index (κ3) is 3.15. The van der Waals surface area contributed by atoms with Crippen LogP contribution in [0.1, 0.15) is 22.3 Å². The summed E-state index contributed by atoms with van der Waals surface area (Å²) in [6, 6.07) is 5.63. The molecule has 1 aliphatic rings. The first-order valence-corrected chi connectivity index (χ1v) is 7.07. The molecule has 0 bridgehead atoms. The summed E-state index contributed by atoms with van der Waals surface area (Å²) in [5.41, 5.74) is 1.71. The maximum atomic E-state index is 12.5. The number of halogens is 1. The number of hydrogen-bond acceptors (Lipinski definition) is 2. The summed E-state index contributed by atoms with van der Waals surface area (Å²) in [6.45, 7) is 3.46. The highest BCUT2D eigenvalue weighted by Crippen LogP contribution is 2.20. The van der Waals surface area contributed by atoms with Crippen LogP contribution >= 0.6 is 15.9 Å². The van der Waals surface area contributed by atoms with Gasteiger partial charge in [0.25, 0.3) is 5.91 Å². The zero-order valence-electron chi connectivity index (χ0n) is 11.1. The Labute approximate surface area is 121 Å². The van der Waals surface area contributed by atoms with Gasteiger partial charge in [-0.15, -0.1) is 0 Å². The second kappa shape index (κ2) is 5.74. The van der Waals surface area contributed by atoms with Crippen LogP contribution in [-0.4, -0.2) is 48.3 Å². The number of rotatable bonds is 1. The Balaban J connectivity index is 2.21. The van der Waals surface area contributed by atoms with Gasteiger partial charge in [-0.25, -0.2) is 0 Å². The Kier molecular flexibility index (Phi) is 4.24. The predicted octanol–water partition coefficient (Wildman–Crippen LogP) is 2.06. The largest absolute Gasteiger partial charge is 0.344 e. The van der Waals surface area contributed by atoms with Crippen LogP contribution in [-0.2, 0) is 4.79 Å². The number of carbonyl (C=O) groups excluding carboxylic acids is 2. The number of nitrogens with zero attached hydrogens (tertiary/aromatic N) is 2. The molecule has 1 saturated heterocycles. The van der Waals surface area contributed by atoms with Crippen molar-refractivity contribution in [2.75, 3.05) is 26.7 Å². The van der Waals surface area contributed by atoms with Crippen LogP contribution in [0.15, 0.2) is 22.7 Å². The monoisotopic (exact) mass is 324 g/mol. The second-order valence-electron chi connectivity index (χ2n) is 4.88. The van der Waals surface area contributed by atoms with Crippen LogP contribution in [0.5, 0.6) is 0 Å². The minimum atomic E-state index is -0.0875. The molecule has 0 radical (unpaired) electrons. The number of benzene rings is 1. The molecule has 5 heteroatoms. The highest BCUT2D eigenvalue weighted by Gasteiger charge is 2.24. The standard InChI is InChI=1S/C14H17BrN2O2/c1-10-4-5-11(12(15)8-10)14(19)17-7-3-6-16(2)13(18)9-17/h4-5,8H,3,6-7,9H2,1-2H3. The van der Waals surface area contributed by atoms with E-state index in [1.54, 1.807) is 22.9 Å². The van der Waals surface area contributed by atoms with Gasteiger partial charge < -0.3 is 9.80 Å². The molecule has 0 N–H and O–H groups in total. The minimum Gasteiger partial charge on any atom is -0.344 e. The third-order valence-corrected chi connectivity index (χ3v) is 3.97. The summed E-state index contributed by atoms with van der Waals surface area (Å²) in [7, 11) is 1.78. The molecule has 19 heavy (non-hydrogen) atoms. The molecule has 1 aliphatic heterocycles. The molecule has 1 aromatic carbocycles. The van der Waals surface area contributed by atoms with E-state index in [2.05, 4.69) is 15.9 Å². The average Bonchev–Trinajstić information content (AvgIpc) is 2.51. The summed E-state index contributed by atoms with van der Waals surface area (Å²) in [5.74, 6) is -0.0930. The van der Waals surface area contributed by atoms with Crippen molar-refractivity contribution in [3.8, 4) is 0 Å². The molecule has 0 atom stereocenters. The van der Waals surface area contributed by atoms with Crippen molar-refractivity contribution in [1.29, 1.82) is 0 Å². The molecule has 0 saturated carbocycles. The van der Waals surface area contributed by atoms with Crippen molar-refractivity contribution < 1.29 is 9.59 Å². The van der Waals surface area contributed by atoms with Gasteiger partial charge in [0.2, 0.25) is 5.91 Å². The van der Waals surface area contributed by atoms with Crippen LogP contribution < -0.4 is 0 Å². The van der Waals surface area contributed by atoms with Crippen molar-refractivity contribution in [2.45, 2.75) is 13.3 Å².